The average molecular weight is 323 g/mol. The largest absolute Gasteiger partial charge is 0.452 e. The molecule has 1 aromatic carbocycles. The van der Waals surface area contributed by atoms with Crippen molar-refractivity contribution in [2.45, 2.75) is 20.8 Å². The fourth-order valence-electron chi connectivity index (χ4n) is 2.10. The van der Waals surface area contributed by atoms with E-state index in [-0.39, 0.29) is 17.5 Å². The Kier molecular flexibility index (Phi) is 3.93. The number of esters is 1. The molecular formula is C19H17NO4. The molecule has 1 aliphatic rings. The molecule has 2 heterocycles. The summed E-state index contributed by atoms with van der Waals surface area (Å²) in [6.07, 6.45) is 4.94. The Morgan fingerprint density at radius 2 is 1.88 bits per heavy atom. The number of nitrogens with zero attached hydrogens (tertiary/aromatic N) is 1. The van der Waals surface area contributed by atoms with E-state index in [0.29, 0.717) is 17.1 Å². The quantitative estimate of drug-likeness (QED) is 0.479. The van der Waals surface area contributed by atoms with E-state index in [0.717, 1.165) is 5.56 Å². The molecule has 0 amide bonds. The third kappa shape index (κ3) is 3.20. The van der Waals surface area contributed by atoms with Crippen LogP contribution in [-0.2, 0) is 4.79 Å². The summed E-state index contributed by atoms with van der Waals surface area (Å²) < 4.78 is 11.0. The van der Waals surface area contributed by atoms with Gasteiger partial charge >= 0.3 is 5.97 Å². The standard InChI is InChI=1S/C19H17NO4/c1-19(2,3)18(22)23-13-4-5-14-15(11-13)24-16(17(14)21)10-12-6-8-20-9-7-12/h4-11H,1-3H3/b16-10-. The highest BCUT2D eigenvalue weighted by atomic mass is 16.5. The van der Waals surface area contributed by atoms with Crippen molar-refractivity contribution >= 4 is 17.8 Å². The molecule has 0 unspecified atom stereocenters. The minimum atomic E-state index is -0.609. The Bertz CT molecular complexity index is 832. The van der Waals surface area contributed by atoms with Crippen molar-refractivity contribution < 1.29 is 19.1 Å². The van der Waals surface area contributed by atoms with Crippen LogP contribution >= 0.6 is 0 Å². The first-order valence-electron chi connectivity index (χ1n) is 7.55. The fourth-order valence-corrected chi connectivity index (χ4v) is 2.10. The Hall–Kier alpha value is -2.95. The summed E-state index contributed by atoms with van der Waals surface area (Å²) in [5.74, 6) is 0.427. The average Bonchev–Trinajstić information content (AvgIpc) is 2.83. The highest BCUT2D eigenvalue weighted by molar-refractivity contribution is 6.14. The molecule has 0 bridgehead atoms. The zero-order valence-corrected chi connectivity index (χ0v) is 13.7. The normalized spacial score (nSPS) is 15.1. The van der Waals surface area contributed by atoms with Gasteiger partial charge in [0.2, 0.25) is 5.78 Å². The molecule has 2 aromatic rings. The third-order valence-corrected chi connectivity index (χ3v) is 3.47. The third-order valence-electron chi connectivity index (χ3n) is 3.47. The summed E-state index contributed by atoms with van der Waals surface area (Å²) in [7, 11) is 0. The Labute approximate surface area is 139 Å². The molecule has 24 heavy (non-hydrogen) atoms. The number of pyridine rings is 1. The highest BCUT2D eigenvalue weighted by Gasteiger charge is 2.29. The molecule has 0 saturated heterocycles. The van der Waals surface area contributed by atoms with Crippen molar-refractivity contribution in [2.75, 3.05) is 0 Å². The summed E-state index contributed by atoms with van der Waals surface area (Å²) in [5.41, 5.74) is 0.661. The molecule has 0 aliphatic carbocycles. The molecule has 0 N–H and O–H groups in total. The smallest absolute Gasteiger partial charge is 0.316 e. The first kappa shape index (κ1) is 15.9. The lowest BCUT2D eigenvalue weighted by molar-refractivity contribution is -0.142. The van der Waals surface area contributed by atoms with Gasteiger partial charge in [-0.25, -0.2) is 0 Å². The van der Waals surface area contributed by atoms with Crippen molar-refractivity contribution in [3.05, 3.63) is 59.6 Å². The lowest BCUT2D eigenvalue weighted by Gasteiger charge is -2.16. The van der Waals surface area contributed by atoms with Crippen LogP contribution in [0.1, 0.15) is 36.7 Å². The molecule has 0 spiro atoms. The van der Waals surface area contributed by atoms with Gasteiger partial charge in [0.05, 0.1) is 11.0 Å². The van der Waals surface area contributed by atoms with Gasteiger partial charge in [-0.15, -0.1) is 0 Å². The number of hydrogen-bond donors (Lipinski definition) is 0. The van der Waals surface area contributed by atoms with Crippen LogP contribution in [0.2, 0.25) is 0 Å². The Balaban J connectivity index is 1.85. The zero-order chi connectivity index (χ0) is 17.3. The van der Waals surface area contributed by atoms with Crippen LogP contribution in [0.25, 0.3) is 6.08 Å². The van der Waals surface area contributed by atoms with Gasteiger partial charge in [0.1, 0.15) is 11.5 Å². The molecule has 122 valence electrons. The minimum absolute atomic E-state index is 0.199. The number of ketones is 1. The van der Waals surface area contributed by atoms with Crippen LogP contribution in [0.4, 0.5) is 0 Å². The maximum Gasteiger partial charge on any atom is 0.316 e. The second kappa shape index (κ2) is 5.92. The van der Waals surface area contributed by atoms with E-state index in [2.05, 4.69) is 4.98 Å². The second-order valence-electron chi connectivity index (χ2n) is 6.52. The first-order chi connectivity index (χ1) is 11.3. The first-order valence-corrected chi connectivity index (χ1v) is 7.55. The van der Waals surface area contributed by atoms with Gasteiger partial charge in [0.15, 0.2) is 5.76 Å². The van der Waals surface area contributed by atoms with Crippen molar-refractivity contribution in [1.82, 2.24) is 4.98 Å². The number of allylic oxidation sites excluding steroid dienone is 1. The Morgan fingerprint density at radius 1 is 1.17 bits per heavy atom. The van der Waals surface area contributed by atoms with Crippen molar-refractivity contribution in [3.63, 3.8) is 0 Å². The summed E-state index contributed by atoms with van der Waals surface area (Å²) in [4.78, 5) is 28.3. The predicted molar refractivity (Wildman–Crippen MR) is 88.7 cm³/mol. The van der Waals surface area contributed by atoms with Gasteiger partial charge in [-0.05, 0) is 56.7 Å². The molecule has 1 aromatic heterocycles. The van der Waals surface area contributed by atoms with Gasteiger partial charge in [-0.3, -0.25) is 14.6 Å². The predicted octanol–water partition coefficient (Wildman–Crippen LogP) is 3.65. The minimum Gasteiger partial charge on any atom is -0.452 e. The van der Waals surface area contributed by atoms with Crippen molar-refractivity contribution in [1.29, 1.82) is 0 Å². The SMILES string of the molecule is CC(C)(C)C(=O)Oc1ccc2c(c1)O/C(=C\c1ccncc1)C2=O. The number of ether oxygens (including phenoxy) is 2. The number of rotatable bonds is 2. The molecular weight excluding hydrogens is 306 g/mol. The second-order valence-corrected chi connectivity index (χ2v) is 6.52. The lowest BCUT2D eigenvalue weighted by atomic mass is 9.97. The number of fused-ring (bicyclic) bond motifs is 1. The highest BCUT2D eigenvalue weighted by Crippen LogP contribution is 2.35. The molecule has 3 rings (SSSR count). The van der Waals surface area contributed by atoms with E-state index in [1.165, 1.54) is 0 Å². The van der Waals surface area contributed by atoms with E-state index in [4.69, 9.17) is 9.47 Å². The van der Waals surface area contributed by atoms with Crippen LogP contribution < -0.4 is 9.47 Å². The van der Waals surface area contributed by atoms with E-state index in [1.807, 2.05) is 0 Å². The van der Waals surface area contributed by atoms with Crippen LogP contribution in [0.3, 0.4) is 0 Å². The van der Waals surface area contributed by atoms with Gasteiger partial charge in [0, 0.05) is 18.5 Å². The molecule has 5 nitrogen and oxygen atoms in total. The molecule has 0 fully saturated rings. The van der Waals surface area contributed by atoms with Crippen molar-refractivity contribution in [3.8, 4) is 11.5 Å². The van der Waals surface area contributed by atoms with E-state index < -0.39 is 5.41 Å². The lowest BCUT2D eigenvalue weighted by Crippen LogP contribution is -2.25. The number of Topliss-reactive ketones (excluding diaryl/α,β-unsaturated/α-hetero) is 1. The van der Waals surface area contributed by atoms with Crippen LogP contribution in [0.15, 0.2) is 48.5 Å². The van der Waals surface area contributed by atoms with Crippen molar-refractivity contribution in [2.24, 2.45) is 5.41 Å². The molecule has 5 heteroatoms. The number of hydrogen-bond acceptors (Lipinski definition) is 5. The summed E-state index contributed by atoms with van der Waals surface area (Å²) in [6.45, 7) is 5.33. The van der Waals surface area contributed by atoms with E-state index in [1.54, 1.807) is 69.6 Å². The summed E-state index contributed by atoms with van der Waals surface area (Å²) >= 11 is 0. The Morgan fingerprint density at radius 3 is 2.54 bits per heavy atom. The molecule has 0 saturated carbocycles. The van der Waals surface area contributed by atoms with Crippen LogP contribution in [0, 0.1) is 5.41 Å². The molecule has 1 aliphatic heterocycles. The monoisotopic (exact) mass is 323 g/mol. The molecule has 0 radical (unpaired) electrons. The number of aromatic nitrogens is 1. The van der Waals surface area contributed by atoms with Gasteiger partial charge < -0.3 is 9.47 Å². The van der Waals surface area contributed by atoms with Gasteiger partial charge in [-0.2, -0.15) is 0 Å². The molecule has 0 atom stereocenters. The topological polar surface area (TPSA) is 65.5 Å². The number of benzene rings is 1. The van der Waals surface area contributed by atoms with Gasteiger partial charge in [-0.1, -0.05) is 0 Å². The maximum absolute atomic E-state index is 12.4. The number of carbonyl (C=O) groups is 2. The van der Waals surface area contributed by atoms with Crippen LogP contribution in [0.5, 0.6) is 11.5 Å². The fraction of sp³-hybridized carbons (Fsp3) is 0.211. The zero-order valence-electron chi connectivity index (χ0n) is 13.7. The van der Waals surface area contributed by atoms with Gasteiger partial charge in [0.25, 0.3) is 0 Å². The number of carbonyl (C=O) groups excluding carboxylic acids is 2. The maximum atomic E-state index is 12.4. The van der Waals surface area contributed by atoms with E-state index in [9.17, 15) is 9.59 Å². The summed E-state index contributed by atoms with van der Waals surface area (Å²) in [6, 6.07) is 8.33. The summed E-state index contributed by atoms with van der Waals surface area (Å²) in [5, 5.41) is 0. The van der Waals surface area contributed by atoms with Crippen LogP contribution in [-0.4, -0.2) is 16.7 Å². The van der Waals surface area contributed by atoms with E-state index >= 15 is 0 Å².